The predicted molar refractivity (Wildman–Crippen MR) is 75.7 cm³/mol. The van der Waals surface area contributed by atoms with Gasteiger partial charge in [-0.25, -0.2) is 0 Å². The third kappa shape index (κ3) is 9.04. The fraction of sp³-hybridized carbons (Fsp3) is 1.00. The molecule has 0 aromatic rings. The molecule has 3 heteroatoms. The molecule has 0 N–H and O–H groups in total. The van der Waals surface area contributed by atoms with Gasteiger partial charge in [-0.2, -0.15) is 0 Å². The molecule has 1 rings (SSSR count). The summed E-state index contributed by atoms with van der Waals surface area (Å²) in [5, 5.41) is 1.15. The first-order valence-corrected chi connectivity index (χ1v) is 8.35. The molecular weight excluding hydrogens is 280 g/mol. The molecule has 1 aliphatic heterocycles. The van der Waals surface area contributed by atoms with E-state index in [1.807, 2.05) is 0 Å². The molecule has 0 radical (unpaired) electrons. The van der Waals surface area contributed by atoms with Crippen molar-refractivity contribution in [3.8, 4) is 0 Å². The van der Waals surface area contributed by atoms with Gasteiger partial charge in [0.05, 0.1) is 0 Å². The highest BCUT2D eigenvalue weighted by atomic mass is 79.9. The molecule has 1 fully saturated rings. The highest BCUT2D eigenvalue weighted by molar-refractivity contribution is 9.09. The summed E-state index contributed by atoms with van der Waals surface area (Å²) in [6.45, 7) is 1.77. The maximum absolute atomic E-state index is 5.70. The molecule has 1 saturated heterocycles. The molecule has 1 unspecified atom stereocenters. The van der Waals surface area contributed by atoms with E-state index in [2.05, 4.69) is 15.9 Å². The van der Waals surface area contributed by atoms with Crippen LogP contribution in [0.5, 0.6) is 0 Å². The topological polar surface area (TPSA) is 18.5 Å². The number of halogens is 1. The van der Waals surface area contributed by atoms with E-state index in [9.17, 15) is 0 Å². The number of ether oxygens (including phenoxy) is 2. The van der Waals surface area contributed by atoms with Crippen LogP contribution in [-0.2, 0) is 9.47 Å². The second kappa shape index (κ2) is 11.5. The summed E-state index contributed by atoms with van der Waals surface area (Å²) in [5.41, 5.74) is 0. The van der Waals surface area contributed by atoms with Gasteiger partial charge in [-0.05, 0) is 32.1 Å². The molecule has 1 atom stereocenters. The van der Waals surface area contributed by atoms with Gasteiger partial charge in [0.2, 0.25) is 0 Å². The van der Waals surface area contributed by atoms with Crippen molar-refractivity contribution >= 4 is 15.9 Å². The molecular formula is C14H27BrO2. The van der Waals surface area contributed by atoms with Crippen molar-refractivity contribution in [1.29, 1.82) is 0 Å². The summed E-state index contributed by atoms with van der Waals surface area (Å²) in [4.78, 5) is 0. The smallest absolute Gasteiger partial charge is 0.157 e. The summed E-state index contributed by atoms with van der Waals surface area (Å²) in [6.07, 6.45) is 13.0. The highest BCUT2D eigenvalue weighted by Gasteiger charge is 2.13. The van der Waals surface area contributed by atoms with Gasteiger partial charge in [0, 0.05) is 18.5 Å². The minimum absolute atomic E-state index is 0.0997. The van der Waals surface area contributed by atoms with Crippen molar-refractivity contribution in [2.45, 2.75) is 70.5 Å². The summed E-state index contributed by atoms with van der Waals surface area (Å²) in [6, 6.07) is 0. The van der Waals surface area contributed by atoms with Crippen LogP contribution in [0.2, 0.25) is 0 Å². The van der Waals surface area contributed by atoms with E-state index in [-0.39, 0.29) is 6.29 Å². The zero-order valence-electron chi connectivity index (χ0n) is 11.0. The molecule has 1 aliphatic rings. The summed E-state index contributed by atoms with van der Waals surface area (Å²) in [5.74, 6) is 0. The van der Waals surface area contributed by atoms with Crippen molar-refractivity contribution in [2.75, 3.05) is 18.5 Å². The quantitative estimate of drug-likeness (QED) is 0.432. The third-order valence-electron chi connectivity index (χ3n) is 3.22. The van der Waals surface area contributed by atoms with Crippen LogP contribution in [0.1, 0.15) is 64.2 Å². The fourth-order valence-electron chi connectivity index (χ4n) is 2.14. The SMILES string of the molecule is BrCCCCCCCCCOC1CCCCO1. The third-order valence-corrected chi connectivity index (χ3v) is 3.78. The average molecular weight is 307 g/mol. The van der Waals surface area contributed by atoms with Crippen molar-refractivity contribution < 1.29 is 9.47 Å². The van der Waals surface area contributed by atoms with Crippen LogP contribution in [0.3, 0.4) is 0 Å². The van der Waals surface area contributed by atoms with Gasteiger partial charge >= 0.3 is 0 Å². The second-order valence-electron chi connectivity index (χ2n) is 4.83. The van der Waals surface area contributed by atoms with Crippen LogP contribution in [0, 0.1) is 0 Å². The Kier molecular flexibility index (Phi) is 10.4. The van der Waals surface area contributed by atoms with Crippen molar-refractivity contribution in [1.82, 2.24) is 0 Å². The summed E-state index contributed by atoms with van der Waals surface area (Å²) < 4.78 is 11.2. The average Bonchev–Trinajstić information content (AvgIpc) is 2.38. The summed E-state index contributed by atoms with van der Waals surface area (Å²) in [7, 11) is 0. The standard InChI is InChI=1S/C14H27BrO2/c15-11-7-4-2-1-3-5-8-12-16-14-10-6-9-13-17-14/h14H,1-13H2. The largest absolute Gasteiger partial charge is 0.353 e. The Bertz CT molecular complexity index is 158. The van der Waals surface area contributed by atoms with Crippen LogP contribution >= 0.6 is 15.9 Å². The predicted octanol–water partition coefficient (Wildman–Crippen LogP) is 4.66. The molecule has 0 spiro atoms. The first kappa shape index (κ1) is 15.5. The van der Waals surface area contributed by atoms with Gasteiger partial charge in [0.1, 0.15) is 0 Å². The van der Waals surface area contributed by atoms with E-state index in [0.29, 0.717) is 0 Å². The van der Waals surface area contributed by atoms with E-state index < -0.39 is 0 Å². The maximum Gasteiger partial charge on any atom is 0.157 e. The first-order chi connectivity index (χ1) is 8.43. The number of alkyl halides is 1. The lowest BCUT2D eigenvalue weighted by atomic mass is 10.1. The van der Waals surface area contributed by atoms with E-state index >= 15 is 0 Å². The first-order valence-electron chi connectivity index (χ1n) is 7.22. The van der Waals surface area contributed by atoms with Crippen molar-refractivity contribution in [3.63, 3.8) is 0 Å². The molecule has 0 saturated carbocycles. The normalized spacial score (nSPS) is 20.6. The lowest BCUT2D eigenvalue weighted by molar-refractivity contribution is -0.162. The minimum atomic E-state index is 0.0997. The monoisotopic (exact) mass is 306 g/mol. The molecule has 0 aliphatic carbocycles. The molecule has 0 amide bonds. The Morgan fingerprint density at radius 1 is 0.941 bits per heavy atom. The minimum Gasteiger partial charge on any atom is -0.353 e. The molecule has 102 valence electrons. The lowest BCUT2D eigenvalue weighted by Gasteiger charge is -2.22. The van der Waals surface area contributed by atoms with E-state index in [1.165, 1.54) is 57.8 Å². The summed E-state index contributed by atoms with van der Waals surface area (Å²) >= 11 is 3.46. The molecule has 1 heterocycles. The Labute approximate surface area is 115 Å². The fourth-order valence-corrected chi connectivity index (χ4v) is 2.53. The van der Waals surface area contributed by atoms with Gasteiger partial charge in [0.25, 0.3) is 0 Å². The van der Waals surface area contributed by atoms with Crippen LogP contribution in [0.25, 0.3) is 0 Å². The lowest BCUT2D eigenvalue weighted by Crippen LogP contribution is -2.22. The molecule has 0 aromatic heterocycles. The Hall–Kier alpha value is 0.400. The highest BCUT2D eigenvalue weighted by Crippen LogP contribution is 2.14. The molecule has 17 heavy (non-hydrogen) atoms. The van der Waals surface area contributed by atoms with Crippen LogP contribution in [0.4, 0.5) is 0 Å². The zero-order chi connectivity index (χ0) is 12.2. The number of unbranched alkanes of at least 4 members (excludes halogenated alkanes) is 6. The van der Waals surface area contributed by atoms with Gasteiger partial charge in [-0.15, -0.1) is 0 Å². The zero-order valence-corrected chi connectivity index (χ0v) is 12.6. The molecule has 0 aromatic carbocycles. The van der Waals surface area contributed by atoms with E-state index in [0.717, 1.165) is 25.0 Å². The van der Waals surface area contributed by atoms with Crippen molar-refractivity contribution in [2.24, 2.45) is 0 Å². The van der Waals surface area contributed by atoms with Gasteiger partial charge in [-0.3, -0.25) is 0 Å². The second-order valence-corrected chi connectivity index (χ2v) is 5.62. The Morgan fingerprint density at radius 3 is 2.29 bits per heavy atom. The van der Waals surface area contributed by atoms with E-state index in [4.69, 9.17) is 9.47 Å². The van der Waals surface area contributed by atoms with Crippen LogP contribution < -0.4 is 0 Å². The Balaban J connectivity index is 1.75. The van der Waals surface area contributed by atoms with Crippen LogP contribution in [0.15, 0.2) is 0 Å². The van der Waals surface area contributed by atoms with Gasteiger partial charge in [0.15, 0.2) is 6.29 Å². The molecule has 2 nitrogen and oxygen atoms in total. The van der Waals surface area contributed by atoms with Crippen LogP contribution in [-0.4, -0.2) is 24.8 Å². The maximum atomic E-state index is 5.70. The van der Waals surface area contributed by atoms with Gasteiger partial charge < -0.3 is 9.47 Å². The number of hydrogen-bond donors (Lipinski definition) is 0. The van der Waals surface area contributed by atoms with Crippen molar-refractivity contribution in [3.05, 3.63) is 0 Å². The number of rotatable bonds is 10. The molecule has 0 bridgehead atoms. The van der Waals surface area contributed by atoms with E-state index in [1.54, 1.807) is 0 Å². The van der Waals surface area contributed by atoms with Gasteiger partial charge in [-0.1, -0.05) is 48.0 Å². The number of hydrogen-bond acceptors (Lipinski definition) is 2. The Morgan fingerprint density at radius 2 is 1.65 bits per heavy atom.